The van der Waals surface area contributed by atoms with E-state index in [0.29, 0.717) is 17.1 Å². The molecule has 2 aromatic carbocycles. The second kappa shape index (κ2) is 5.35. The lowest BCUT2D eigenvalue weighted by Crippen LogP contribution is -2.22. The fourth-order valence-electron chi connectivity index (χ4n) is 2.02. The quantitative estimate of drug-likeness (QED) is 0.777. The molecule has 0 saturated heterocycles. The molecule has 5 heteroatoms. The molecule has 0 fully saturated rings. The van der Waals surface area contributed by atoms with Gasteiger partial charge < -0.3 is 5.32 Å². The largest absolute Gasteiger partial charge is 0.346 e. The second-order valence-electron chi connectivity index (χ2n) is 4.41. The molecule has 3 rings (SSSR count). The number of fused-ring (bicyclic) bond motifs is 1. The van der Waals surface area contributed by atoms with Crippen LogP contribution in [0.15, 0.2) is 48.5 Å². The molecule has 0 aliphatic heterocycles. The van der Waals surface area contributed by atoms with Crippen molar-refractivity contribution in [3.8, 4) is 0 Å². The first-order valence-electron chi connectivity index (χ1n) is 6.20. The van der Waals surface area contributed by atoms with Gasteiger partial charge in [-0.1, -0.05) is 29.8 Å². The van der Waals surface area contributed by atoms with Gasteiger partial charge >= 0.3 is 0 Å². The summed E-state index contributed by atoms with van der Waals surface area (Å²) in [6.07, 6.45) is 0. The normalized spacial score (nSPS) is 10.7. The van der Waals surface area contributed by atoms with E-state index in [2.05, 4.69) is 15.5 Å². The molecule has 0 spiro atoms. The first-order valence-corrected chi connectivity index (χ1v) is 6.57. The summed E-state index contributed by atoms with van der Waals surface area (Å²) in [5.41, 5.74) is 2.37. The second-order valence-corrected chi connectivity index (χ2v) is 4.85. The highest BCUT2D eigenvalue weighted by molar-refractivity contribution is 6.30. The zero-order valence-electron chi connectivity index (χ0n) is 10.6. The Morgan fingerprint density at radius 2 is 1.90 bits per heavy atom. The zero-order valence-corrected chi connectivity index (χ0v) is 11.3. The molecule has 0 radical (unpaired) electrons. The van der Waals surface area contributed by atoms with Gasteiger partial charge in [-0.3, -0.25) is 9.89 Å². The Kier molecular flexibility index (Phi) is 3.39. The number of hydrogen-bond acceptors (Lipinski definition) is 2. The van der Waals surface area contributed by atoms with E-state index in [1.165, 1.54) is 0 Å². The number of hydrogen-bond donors (Lipinski definition) is 2. The molecule has 0 saturated carbocycles. The van der Waals surface area contributed by atoms with Crippen molar-refractivity contribution < 1.29 is 4.79 Å². The van der Waals surface area contributed by atoms with Gasteiger partial charge in [-0.15, -0.1) is 0 Å². The molecule has 1 amide bonds. The van der Waals surface area contributed by atoms with Gasteiger partial charge in [0, 0.05) is 16.0 Å². The molecule has 1 heterocycles. The highest BCUT2D eigenvalue weighted by atomic mass is 35.5. The van der Waals surface area contributed by atoms with E-state index in [1.807, 2.05) is 24.3 Å². The Morgan fingerprint density at radius 3 is 2.70 bits per heavy atom. The van der Waals surface area contributed by atoms with E-state index in [-0.39, 0.29) is 5.91 Å². The average Bonchev–Trinajstić information content (AvgIpc) is 2.89. The minimum Gasteiger partial charge on any atom is -0.346 e. The summed E-state index contributed by atoms with van der Waals surface area (Å²) in [6.45, 7) is 0.405. The summed E-state index contributed by atoms with van der Waals surface area (Å²) in [6, 6.07) is 14.6. The Bertz CT molecular complexity index is 749. The first kappa shape index (κ1) is 12.7. The number of H-pyrrole nitrogens is 1. The number of para-hydroxylation sites is 1. The number of nitrogens with zero attached hydrogens (tertiary/aromatic N) is 1. The average molecular weight is 286 g/mol. The van der Waals surface area contributed by atoms with Crippen molar-refractivity contribution in [1.29, 1.82) is 0 Å². The lowest BCUT2D eigenvalue weighted by molar-refractivity contribution is 0.0950. The fourth-order valence-corrected chi connectivity index (χ4v) is 2.15. The van der Waals surface area contributed by atoms with E-state index in [1.54, 1.807) is 24.3 Å². The van der Waals surface area contributed by atoms with E-state index < -0.39 is 0 Å². The highest BCUT2D eigenvalue weighted by Crippen LogP contribution is 2.15. The Morgan fingerprint density at radius 1 is 1.15 bits per heavy atom. The molecule has 4 nitrogen and oxygen atoms in total. The topological polar surface area (TPSA) is 57.8 Å². The summed E-state index contributed by atoms with van der Waals surface area (Å²) in [5.74, 6) is -0.139. The van der Waals surface area contributed by atoms with Crippen LogP contribution in [0.3, 0.4) is 0 Å². The summed E-state index contributed by atoms with van der Waals surface area (Å²) in [4.78, 5) is 12.0. The molecule has 100 valence electrons. The molecule has 20 heavy (non-hydrogen) atoms. The van der Waals surface area contributed by atoms with Crippen molar-refractivity contribution in [1.82, 2.24) is 15.5 Å². The third kappa shape index (κ3) is 2.51. The van der Waals surface area contributed by atoms with Gasteiger partial charge in [0.05, 0.1) is 17.8 Å². The van der Waals surface area contributed by atoms with Crippen LogP contribution in [0.5, 0.6) is 0 Å². The first-order chi connectivity index (χ1) is 9.74. The van der Waals surface area contributed by atoms with Crippen LogP contribution < -0.4 is 5.32 Å². The smallest absolute Gasteiger partial charge is 0.251 e. The molecule has 0 aliphatic rings. The minimum atomic E-state index is -0.139. The molecule has 1 aromatic heterocycles. The molecular weight excluding hydrogens is 274 g/mol. The van der Waals surface area contributed by atoms with Gasteiger partial charge in [0.15, 0.2) is 0 Å². The van der Waals surface area contributed by atoms with Gasteiger partial charge in [-0.2, -0.15) is 5.10 Å². The number of aromatic amines is 1. The van der Waals surface area contributed by atoms with Crippen LogP contribution in [0.1, 0.15) is 16.1 Å². The van der Waals surface area contributed by atoms with Gasteiger partial charge in [0.25, 0.3) is 5.91 Å². The van der Waals surface area contributed by atoms with Crippen LogP contribution in [0.2, 0.25) is 5.02 Å². The third-order valence-corrected chi connectivity index (χ3v) is 3.32. The van der Waals surface area contributed by atoms with E-state index in [4.69, 9.17) is 11.6 Å². The van der Waals surface area contributed by atoms with E-state index in [9.17, 15) is 4.79 Å². The molecule has 0 atom stereocenters. The van der Waals surface area contributed by atoms with Crippen molar-refractivity contribution in [2.75, 3.05) is 0 Å². The molecule has 2 N–H and O–H groups in total. The van der Waals surface area contributed by atoms with Crippen molar-refractivity contribution >= 4 is 28.4 Å². The zero-order chi connectivity index (χ0) is 13.9. The predicted molar refractivity (Wildman–Crippen MR) is 78.7 cm³/mol. The van der Waals surface area contributed by atoms with E-state index >= 15 is 0 Å². The molecule has 3 aromatic rings. The Hall–Kier alpha value is -2.33. The number of carbonyl (C=O) groups is 1. The van der Waals surface area contributed by atoms with Crippen LogP contribution in [0.4, 0.5) is 0 Å². The lowest BCUT2D eigenvalue weighted by atomic mass is 10.2. The van der Waals surface area contributed by atoms with Gasteiger partial charge in [0.1, 0.15) is 0 Å². The van der Waals surface area contributed by atoms with Crippen LogP contribution in [0.25, 0.3) is 10.9 Å². The highest BCUT2D eigenvalue weighted by Gasteiger charge is 2.08. The van der Waals surface area contributed by atoms with Crippen molar-refractivity contribution in [2.24, 2.45) is 0 Å². The SMILES string of the molecule is O=C(NCc1[nH]nc2ccccc12)c1ccc(Cl)cc1. The summed E-state index contributed by atoms with van der Waals surface area (Å²) in [5, 5.41) is 11.6. The summed E-state index contributed by atoms with van der Waals surface area (Å²) >= 11 is 5.80. The maximum atomic E-state index is 12.0. The van der Waals surface area contributed by atoms with Gasteiger partial charge in [-0.25, -0.2) is 0 Å². The van der Waals surface area contributed by atoms with Gasteiger partial charge in [-0.05, 0) is 30.3 Å². The minimum absolute atomic E-state index is 0.139. The third-order valence-electron chi connectivity index (χ3n) is 3.07. The number of amides is 1. The Labute approximate surface area is 120 Å². The standard InChI is InChI=1S/C15H12ClN3O/c16-11-7-5-10(6-8-11)15(20)17-9-14-12-3-1-2-4-13(12)18-19-14/h1-8H,9H2,(H,17,20)(H,18,19). The monoisotopic (exact) mass is 285 g/mol. The molecule has 0 aliphatic carbocycles. The number of benzene rings is 2. The molecule has 0 bridgehead atoms. The Balaban J connectivity index is 1.73. The molecular formula is C15H12ClN3O. The fraction of sp³-hybridized carbons (Fsp3) is 0.0667. The maximum Gasteiger partial charge on any atom is 0.251 e. The number of carbonyl (C=O) groups excluding carboxylic acids is 1. The van der Waals surface area contributed by atoms with E-state index in [0.717, 1.165) is 16.6 Å². The van der Waals surface area contributed by atoms with Crippen molar-refractivity contribution in [3.05, 3.63) is 64.8 Å². The summed E-state index contributed by atoms with van der Waals surface area (Å²) in [7, 11) is 0. The van der Waals surface area contributed by atoms with Crippen molar-refractivity contribution in [3.63, 3.8) is 0 Å². The lowest BCUT2D eigenvalue weighted by Gasteiger charge is -2.04. The maximum absolute atomic E-state index is 12.0. The van der Waals surface area contributed by atoms with Crippen LogP contribution in [0, 0.1) is 0 Å². The number of rotatable bonds is 3. The predicted octanol–water partition coefficient (Wildman–Crippen LogP) is 3.15. The number of aromatic nitrogens is 2. The summed E-state index contributed by atoms with van der Waals surface area (Å²) < 4.78 is 0. The van der Waals surface area contributed by atoms with Crippen molar-refractivity contribution in [2.45, 2.75) is 6.54 Å². The van der Waals surface area contributed by atoms with Gasteiger partial charge in [0.2, 0.25) is 0 Å². The molecule has 0 unspecified atom stereocenters. The van der Waals surface area contributed by atoms with Crippen LogP contribution >= 0.6 is 11.6 Å². The number of nitrogens with one attached hydrogen (secondary N) is 2. The number of halogens is 1. The van der Waals surface area contributed by atoms with Crippen LogP contribution in [-0.4, -0.2) is 16.1 Å². The van der Waals surface area contributed by atoms with Crippen LogP contribution in [-0.2, 0) is 6.54 Å².